The summed E-state index contributed by atoms with van der Waals surface area (Å²) in [5, 5.41) is 5.27. The summed E-state index contributed by atoms with van der Waals surface area (Å²) in [5.41, 5.74) is -1.09. The van der Waals surface area contributed by atoms with Crippen LogP contribution in [0.4, 0.5) is 17.6 Å². The molecule has 0 unspecified atom stereocenters. The van der Waals surface area contributed by atoms with Crippen molar-refractivity contribution in [2.24, 2.45) is 0 Å². The van der Waals surface area contributed by atoms with Crippen molar-refractivity contribution in [1.29, 1.82) is 0 Å². The first-order valence-corrected chi connectivity index (χ1v) is 9.41. The molecule has 0 bridgehead atoms. The molecular formula is C19H23F4N3O2. The highest BCUT2D eigenvalue weighted by atomic mass is 19.4. The van der Waals surface area contributed by atoms with Crippen molar-refractivity contribution in [3.8, 4) is 0 Å². The van der Waals surface area contributed by atoms with Crippen molar-refractivity contribution in [2.45, 2.75) is 56.9 Å². The van der Waals surface area contributed by atoms with Gasteiger partial charge in [-0.2, -0.15) is 13.2 Å². The van der Waals surface area contributed by atoms with Crippen LogP contribution in [0.15, 0.2) is 18.2 Å². The lowest BCUT2D eigenvalue weighted by Gasteiger charge is -2.38. The summed E-state index contributed by atoms with van der Waals surface area (Å²) in [6.07, 6.45) is -0.554. The van der Waals surface area contributed by atoms with E-state index in [-0.39, 0.29) is 30.5 Å². The molecule has 3 rings (SSSR count). The van der Waals surface area contributed by atoms with Crippen LogP contribution in [0.25, 0.3) is 0 Å². The number of carbonyl (C=O) groups is 2. The number of benzene rings is 1. The molecule has 2 N–H and O–H groups in total. The third-order valence-corrected chi connectivity index (χ3v) is 5.32. The molecule has 9 heteroatoms. The van der Waals surface area contributed by atoms with Gasteiger partial charge in [0.05, 0.1) is 18.0 Å². The van der Waals surface area contributed by atoms with Crippen molar-refractivity contribution in [1.82, 2.24) is 15.5 Å². The van der Waals surface area contributed by atoms with Gasteiger partial charge in [0.2, 0.25) is 11.8 Å². The Morgan fingerprint density at radius 2 is 1.93 bits per heavy atom. The van der Waals surface area contributed by atoms with E-state index >= 15 is 0 Å². The van der Waals surface area contributed by atoms with Crippen molar-refractivity contribution < 1.29 is 27.2 Å². The minimum atomic E-state index is -4.66. The number of nitrogens with zero attached hydrogens (tertiary/aromatic N) is 1. The van der Waals surface area contributed by atoms with Crippen molar-refractivity contribution in [3.63, 3.8) is 0 Å². The van der Waals surface area contributed by atoms with Gasteiger partial charge in [-0.1, -0.05) is 12.8 Å². The molecule has 1 aliphatic heterocycles. The van der Waals surface area contributed by atoms with Gasteiger partial charge < -0.3 is 10.6 Å². The van der Waals surface area contributed by atoms with E-state index in [0.29, 0.717) is 19.2 Å². The van der Waals surface area contributed by atoms with Crippen molar-refractivity contribution in [3.05, 3.63) is 35.1 Å². The lowest BCUT2D eigenvalue weighted by Crippen LogP contribution is -2.59. The van der Waals surface area contributed by atoms with Crippen LogP contribution in [-0.2, 0) is 22.3 Å². The third kappa shape index (κ3) is 5.01. The monoisotopic (exact) mass is 401 g/mol. The third-order valence-electron chi connectivity index (χ3n) is 5.32. The summed E-state index contributed by atoms with van der Waals surface area (Å²) in [4.78, 5) is 26.7. The fourth-order valence-electron chi connectivity index (χ4n) is 3.98. The normalized spacial score (nSPS) is 21.6. The molecule has 1 saturated carbocycles. The van der Waals surface area contributed by atoms with E-state index in [9.17, 15) is 27.2 Å². The van der Waals surface area contributed by atoms with E-state index in [0.717, 1.165) is 37.8 Å². The molecule has 2 aliphatic rings. The van der Waals surface area contributed by atoms with Crippen LogP contribution in [0.3, 0.4) is 0 Å². The summed E-state index contributed by atoms with van der Waals surface area (Å²) < 4.78 is 51.8. The van der Waals surface area contributed by atoms with Gasteiger partial charge >= 0.3 is 6.18 Å². The second kappa shape index (κ2) is 8.46. The Morgan fingerprint density at radius 1 is 1.21 bits per heavy atom. The number of nitrogens with one attached hydrogen (secondary N) is 2. The highest BCUT2D eigenvalue weighted by Crippen LogP contribution is 2.30. The van der Waals surface area contributed by atoms with Crippen LogP contribution in [0.1, 0.15) is 43.2 Å². The van der Waals surface area contributed by atoms with Gasteiger partial charge in [-0.25, -0.2) is 4.39 Å². The SMILES string of the molecule is O=C(C[C@H]1C(=O)NCCN1C1CCCC1)NCc1cc(F)cc(C(F)(F)F)c1. The van der Waals surface area contributed by atoms with Crippen LogP contribution >= 0.6 is 0 Å². The molecule has 154 valence electrons. The van der Waals surface area contributed by atoms with E-state index in [1.807, 2.05) is 0 Å². The second-order valence-corrected chi connectivity index (χ2v) is 7.31. The van der Waals surface area contributed by atoms with E-state index in [2.05, 4.69) is 15.5 Å². The predicted octanol–water partition coefficient (Wildman–Crippen LogP) is 2.59. The molecule has 1 aromatic carbocycles. The van der Waals surface area contributed by atoms with Crippen molar-refractivity contribution >= 4 is 11.8 Å². The number of halogens is 4. The molecule has 1 aromatic rings. The molecule has 0 spiro atoms. The van der Waals surface area contributed by atoms with Gasteiger partial charge in [-0.3, -0.25) is 14.5 Å². The molecule has 0 radical (unpaired) electrons. The number of alkyl halides is 3. The number of hydrogen-bond acceptors (Lipinski definition) is 3. The summed E-state index contributed by atoms with van der Waals surface area (Å²) in [7, 11) is 0. The number of piperazine rings is 1. The Kier molecular flexibility index (Phi) is 6.22. The molecule has 1 saturated heterocycles. The molecule has 1 atom stereocenters. The first-order chi connectivity index (χ1) is 13.2. The Balaban J connectivity index is 1.61. The molecule has 1 heterocycles. The fraction of sp³-hybridized carbons (Fsp3) is 0.579. The maximum Gasteiger partial charge on any atom is 0.416 e. The minimum Gasteiger partial charge on any atom is -0.353 e. The second-order valence-electron chi connectivity index (χ2n) is 7.31. The Hall–Kier alpha value is -2.16. The van der Waals surface area contributed by atoms with E-state index in [4.69, 9.17) is 0 Å². The molecule has 5 nitrogen and oxygen atoms in total. The van der Waals surface area contributed by atoms with Crippen LogP contribution in [-0.4, -0.2) is 41.9 Å². The summed E-state index contributed by atoms with van der Waals surface area (Å²) in [6, 6.07) is 1.86. The fourth-order valence-corrected chi connectivity index (χ4v) is 3.98. The lowest BCUT2D eigenvalue weighted by atomic mass is 10.0. The van der Waals surface area contributed by atoms with Gasteiger partial charge in [-0.05, 0) is 36.6 Å². The maximum atomic E-state index is 13.5. The zero-order valence-corrected chi connectivity index (χ0v) is 15.3. The Morgan fingerprint density at radius 3 is 2.61 bits per heavy atom. The lowest BCUT2D eigenvalue weighted by molar-refractivity contribution is -0.137. The van der Waals surface area contributed by atoms with Crippen LogP contribution in [0.2, 0.25) is 0 Å². The maximum absolute atomic E-state index is 13.5. The Labute approximate surface area is 160 Å². The minimum absolute atomic E-state index is 0.0152. The largest absolute Gasteiger partial charge is 0.416 e. The van der Waals surface area contributed by atoms with Crippen molar-refractivity contribution in [2.75, 3.05) is 13.1 Å². The van der Waals surface area contributed by atoms with Gasteiger partial charge in [0.1, 0.15) is 5.82 Å². The summed E-state index contributed by atoms with van der Waals surface area (Å²) in [6.45, 7) is 0.974. The van der Waals surface area contributed by atoms with E-state index in [1.54, 1.807) is 0 Å². The molecule has 2 amide bonds. The number of rotatable bonds is 5. The highest BCUT2D eigenvalue weighted by molar-refractivity contribution is 5.88. The smallest absolute Gasteiger partial charge is 0.353 e. The van der Waals surface area contributed by atoms with Crippen LogP contribution < -0.4 is 10.6 Å². The molecule has 1 aliphatic carbocycles. The predicted molar refractivity (Wildman–Crippen MR) is 93.6 cm³/mol. The van der Waals surface area contributed by atoms with Crippen LogP contribution in [0.5, 0.6) is 0 Å². The number of hydrogen-bond donors (Lipinski definition) is 2. The quantitative estimate of drug-likeness (QED) is 0.746. The summed E-state index contributed by atoms with van der Waals surface area (Å²) in [5.74, 6) is -1.68. The van der Waals surface area contributed by atoms with E-state index in [1.165, 1.54) is 0 Å². The zero-order chi connectivity index (χ0) is 20.3. The number of carbonyl (C=O) groups excluding carboxylic acids is 2. The Bertz CT molecular complexity index is 732. The first kappa shape index (κ1) is 20.6. The molecule has 28 heavy (non-hydrogen) atoms. The molecule has 2 fully saturated rings. The van der Waals surface area contributed by atoms with Gasteiger partial charge in [0, 0.05) is 25.7 Å². The van der Waals surface area contributed by atoms with Gasteiger partial charge in [-0.15, -0.1) is 0 Å². The molecule has 0 aromatic heterocycles. The average Bonchev–Trinajstić information content (AvgIpc) is 3.15. The highest BCUT2D eigenvalue weighted by Gasteiger charge is 2.36. The topological polar surface area (TPSA) is 61.4 Å². The molecular weight excluding hydrogens is 378 g/mol. The standard InChI is InChI=1S/C19H23F4N3O2/c20-14-8-12(7-13(9-14)19(21,22)23)11-25-17(27)10-16-18(28)24-5-6-26(16)15-3-1-2-4-15/h7-9,15-16H,1-6,10-11H2,(H,24,28)(H,25,27)/t16-/m0/s1. The number of amides is 2. The zero-order valence-electron chi connectivity index (χ0n) is 15.3. The van der Waals surface area contributed by atoms with Gasteiger partial charge in [0.15, 0.2) is 0 Å². The van der Waals surface area contributed by atoms with Gasteiger partial charge in [0.25, 0.3) is 0 Å². The first-order valence-electron chi connectivity index (χ1n) is 9.41. The summed E-state index contributed by atoms with van der Waals surface area (Å²) >= 11 is 0. The van der Waals surface area contributed by atoms with Crippen LogP contribution in [0, 0.1) is 5.82 Å². The average molecular weight is 401 g/mol. The van der Waals surface area contributed by atoms with E-state index < -0.39 is 29.5 Å².